The lowest BCUT2D eigenvalue weighted by atomic mass is 10.1. The second-order valence-corrected chi connectivity index (χ2v) is 8.32. The number of allylic oxidation sites excluding steroid dienone is 2. The molecule has 0 aromatic rings. The fraction of sp³-hybridized carbons (Fsp3) is 0.885. The molecule has 0 bridgehead atoms. The lowest BCUT2D eigenvalue weighted by Gasteiger charge is -2.04. The lowest BCUT2D eigenvalue weighted by molar-refractivity contribution is -0.143. The molecule has 0 spiro atoms. The average molecular weight is 395 g/mol. The van der Waals surface area contributed by atoms with Crippen LogP contribution in [-0.2, 0) is 9.53 Å². The van der Waals surface area contributed by atoms with Gasteiger partial charge in [0.2, 0.25) is 0 Å². The maximum Gasteiger partial charge on any atom is 0.305 e. The summed E-state index contributed by atoms with van der Waals surface area (Å²) in [5.74, 6) is -0.00512. The number of carbonyl (C=O) groups is 1. The zero-order chi connectivity index (χ0) is 20.5. The van der Waals surface area contributed by atoms with Crippen molar-refractivity contribution < 1.29 is 9.53 Å². The van der Waals surface area contributed by atoms with Crippen LogP contribution in [-0.4, -0.2) is 12.6 Å². The van der Waals surface area contributed by atoms with E-state index in [4.69, 9.17) is 4.74 Å². The van der Waals surface area contributed by atoms with E-state index in [2.05, 4.69) is 26.0 Å². The molecule has 0 atom stereocenters. The van der Waals surface area contributed by atoms with Gasteiger partial charge in [-0.2, -0.15) is 0 Å². The van der Waals surface area contributed by atoms with Crippen LogP contribution in [0.1, 0.15) is 142 Å². The van der Waals surface area contributed by atoms with Gasteiger partial charge in [-0.25, -0.2) is 0 Å². The molecule has 0 radical (unpaired) electrons. The SMILES string of the molecule is CCCCCCCC/C=C/CCCCCCCCCCCC(=O)OCCCC. The van der Waals surface area contributed by atoms with Gasteiger partial charge in [-0.15, -0.1) is 0 Å². The third-order valence-corrected chi connectivity index (χ3v) is 5.40. The third kappa shape index (κ3) is 23.2. The summed E-state index contributed by atoms with van der Waals surface area (Å²) in [6.45, 7) is 4.99. The zero-order valence-corrected chi connectivity index (χ0v) is 19.3. The van der Waals surface area contributed by atoms with Crippen LogP contribution in [0.15, 0.2) is 12.2 Å². The van der Waals surface area contributed by atoms with Crippen LogP contribution in [0, 0.1) is 0 Å². The van der Waals surface area contributed by atoms with Crippen molar-refractivity contribution in [2.75, 3.05) is 6.61 Å². The molecule has 0 aromatic heterocycles. The van der Waals surface area contributed by atoms with E-state index in [0.29, 0.717) is 13.0 Å². The molecule has 0 aliphatic carbocycles. The monoisotopic (exact) mass is 394 g/mol. The fourth-order valence-electron chi connectivity index (χ4n) is 3.45. The summed E-state index contributed by atoms with van der Waals surface area (Å²) in [6.07, 6.45) is 30.0. The van der Waals surface area contributed by atoms with Crippen molar-refractivity contribution in [2.45, 2.75) is 142 Å². The number of carbonyl (C=O) groups excluding carboxylic acids is 1. The summed E-state index contributed by atoms with van der Waals surface area (Å²) < 4.78 is 5.18. The predicted molar refractivity (Wildman–Crippen MR) is 124 cm³/mol. The molecule has 0 N–H and O–H groups in total. The zero-order valence-electron chi connectivity index (χ0n) is 19.3. The minimum absolute atomic E-state index is 0.00512. The van der Waals surface area contributed by atoms with Gasteiger partial charge in [-0.05, 0) is 38.5 Å². The first kappa shape index (κ1) is 27.2. The Balaban J connectivity index is 3.13. The van der Waals surface area contributed by atoms with E-state index in [1.54, 1.807) is 0 Å². The second kappa shape index (κ2) is 24.2. The summed E-state index contributed by atoms with van der Waals surface area (Å²) >= 11 is 0. The highest BCUT2D eigenvalue weighted by molar-refractivity contribution is 5.69. The maximum absolute atomic E-state index is 11.5. The molecule has 0 aliphatic heterocycles. The highest BCUT2D eigenvalue weighted by Gasteiger charge is 2.01. The fourth-order valence-corrected chi connectivity index (χ4v) is 3.45. The first-order valence-corrected chi connectivity index (χ1v) is 12.6. The van der Waals surface area contributed by atoms with Gasteiger partial charge in [-0.1, -0.05) is 109 Å². The summed E-state index contributed by atoms with van der Waals surface area (Å²) in [7, 11) is 0. The van der Waals surface area contributed by atoms with Crippen molar-refractivity contribution in [3.05, 3.63) is 12.2 Å². The smallest absolute Gasteiger partial charge is 0.305 e. The summed E-state index contributed by atoms with van der Waals surface area (Å²) in [5, 5.41) is 0. The number of ether oxygens (including phenoxy) is 1. The Labute approximate surface area is 176 Å². The Morgan fingerprint density at radius 2 is 1.00 bits per heavy atom. The van der Waals surface area contributed by atoms with Crippen LogP contribution >= 0.6 is 0 Å². The van der Waals surface area contributed by atoms with E-state index in [1.165, 1.54) is 103 Å². The Bertz CT molecular complexity index is 335. The van der Waals surface area contributed by atoms with Gasteiger partial charge in [0.15, 0.2) is 0 Å². The van der Waals surface area contributed by atoms with E-state index >= 15 is 0 Å². The molecule has 166 valence electrons. The number of rotatable bonds is 22. The van der Waals surface area contributed by atoms with Gasteiger partial charge >= 0.3 is 5.97 Å². The minimum Gasteiger partial charge on any atom is -0.466 e. The number of esters is 1. The van der Waals surface area contributed by atoms with E-state index in [0.717, 1.165) is 19.3 Å². The topological polar surface area (TPSA) is 26.3 Å². The first-order chi connectivity index (χ1) is 13.8. The van der Waals surface area contributed by atoms with Crippen LogP contribution in [0.25, 0.3) is 0 Å². The second-order valence-electron chi connectivity index (χ2n) is 8.32. The minimum atomic E-state index is -0.00512. The van der Waals surface area contributed by atoms with E-state index in [1.807, 2.05) is 0 Å². The predicted octanol–water partition coefficient (Wildman–Crippen LogP) is 8.93. The molecular formula is C26H50O2. The van der Waals surface area contributed by atoms with Crippen molar-refractivity contribution in [3.63, 3.8) is 0 Å². The standard InChI is InChI=1S/C26H50O2/c1-3-5-7-8-9-10-11-12-13-14-15-16-17-18-19-20-21-22-23-24-26(27)28-25-6-4-2/h12-13H,3-11,14-25H2,1-2H3/b13-12+. The Morgan fingerprint density at radius 1 is 0.571 bits per heavy atom. The van der Waals surface area contributed by atoms with Crippen LogP contribution in [0.3, 0.4) is 0 Å². The number of unbranched alkanes of at least 4 members (excludes halogenated alkanes) is 16. The van der Waals surface area contributed by atoms with Gasteiger partial charge in [0.25, 0.3) is 0 Å². The molecule has 0 rings (SSSR count). The van der Waals surface area contributed by atoms with Crippen molar-refractivity contribution in [2.24, 2.45) is 0 Å². The molecule has 0 heterocycles. The number of hydrogen-bond donors (Lipinski definition) is 0. The van der Waals surface area contributed by atoms with E-state index < -0.39 is 0 Å². The molecule has 0 saturated carbocycles. The van der Waals surface area contributed by atoms with Gasteiger partial charge < -0.3 is 4.74 Å². The summed E-state index contributed by atoms with van der Waals surface area (Å²) in [6, 6.07) is 0. The van der Waals surface area contributed by atoms with E-state index in [9.17, 15) is 4.79 Å². The Hall–Kier alpha value is -0.790. The first-order valence-electron chi connectivity index (χ1n) is 12.6. The molecule has 0 aromatic carbocycles. The van der Waals surface area contributed by atoms with Gasteiger partial charge in [0.05, 0.1) is 6.61 Å². The summed E-state index contributed by atoms with van der Waals surface area (Å²) in [5.41, 5.74) is 0. The van der Waals surface area contributed by atoms with E-state index in [-0.39, 0.29) is 5.97 Å². The normalized spacial score (nSPS) is 11.4. The van der Waals surface area contributed by atoms with Crippen LogP contribution in [0.5, 0.6) is 0 Å². The van der Waals surface area contributed by atoms with Crippen molar-refractivity contribution in [1.82, 2.24) is 0 Å². The van der Waals surface area contributed by atoms with Crippen molar-refractivity contribution in [1.29, 1.82) is 0 Å². The third-order valence-electron chi connectivity index (χ3n) is 5.40. The molecule has 0 saturated heterocycles. The lowest BCUT2D eigenvalue weighted by Crippen LogP contribution is -2.05. The van der Waals surface area contributed by atoms with Crippen molar-refractivity contribution in [3.8, 4) is 0 Å². The largest absolute Gasteiger partial charge is 0.466 e. The molecular weight excluding hydrogens is 344 g/mol. The van der Waals surface area contributed by atoms with Crippen molar-refractivity contribution >= 4 is 5.97 Å². The number of hydrogen-bond acceptors (Lipinski definition) is 2. The van der Waals surface area contributed by atoms with Gasteiger partial charge in [0.1, 0.15) is 0 Å². The quantitative estimate of drug-likeness (QED) is 0.104. The van der Waals surface area contributed by atoms with Crippen LogP contribution in [0.2, 0.25) is 0 Å². The van der Waals surface area contributed by atoms with Crippen LogP contribution < -0.4 is 0 Å². The highest BCUT2D eigenvalue weighted by atomic mass is 16.5. The summed E-state index contributed by atoms with van der Waals surface area (Å²) in [4.78, 5) is 11.5. The molecule has 0 aliphatic rings. The Kier molecular flexibility index (Phi) is 23.6. The molecule has 28 heavy (non-hydrogen) atoms. The highest BCUT2D eigenvalue weighted by Crippen LogP contribution is 2.12. The van der Waals surface area contributed by atoms with Crippen LogP contribution in [0.4, 0.5) is 0 Å². The maximum atomic E-state index is 11.5. The van der Waals surface area contributed by atoms with Gasteiger partial charge in [0, 0.05) is 6.42 Å². The molecule has 2 nitrogen and oxygen atoms in total. The average Bonchev–Trinajstić information content (AvgIpc) is 2.70. The Morgan fingerprint density at radius 3 is 1.50 bits per heavy atom. The molecule has 2 heteroatoms. The molecule has 0 fully saturated rings. The molecule has 0 unspecified atom stereocenters. The van der Waals surface area contributed by atoms with Gasteiger partial charge in [-0.3, -0.25) is 4.79 Å². The molecule has 0 amide bonds.